The van der Waals surface area contributed by atoms with Crippen LogP contribution in [0.1, 0.15) is 87.0 Å². The summed E-state index contributed by atoms with van der Waals surface area (Å²) in [5.41, 5.74) is 7.89. The summed E-state index contributed by atoms with van der Waals surface area (Å²) in [7, 11) is 0. The fraction of sp³-hybridized carbons (Fsp3) is 0.412. The number of nitrogens with zero attached hydrogens (tertiary/aromatic N) is 2. The van der Waals surface area contributed by atoms with Crippen molar-refractivity contribution in [2.75, 3.05) is 0 Å². The van der Waals surface area contributed by atoms with Gasteiger partial charge >= 0.3 is 0 Å². The highest BCUT2D eigenvalue weighted by atomic mass is 16.1. The second kappa shape index (κ2) is 10.8. The van der Waals surface area contributed by atoms with Gasteiger partial charge in [-0.15, -0.1) is 0 Å². The lowest BCUT2D eigenvalue weighted by Crippen LogP contribution is -2.38. The molecule has 38 heavy (non-hydrogen) atoms. The largest absolute Gasteiger partial charge is 0.349 e. The molecule has 0 spiro atoms. The predicted molar refractivity (Wildman–Crippen MR) is 158 cm³/mol. The topological polar surface area (TPSA) is 46.9 Å². The van der Waals surface area contributed by atoms with E-state index in [1.165, 1.54) is 54.4 Å². The van der Waals surface area contributed by atoms with Crippen molar-refractivity contribution in [2.45, 2.75) is 84.7 Å². The van der Waals surface area contributed by atoms with Crippen LogP contribution >= 0.6 is 0 Å². The maximum atomic E-state index is 13.0. The maximum absolute atomic E-state index is 13.0. The van der Waals surface area contributed by atoms with Crippen LogP contribution in [0.4, 0.5) is 0 Å². The molecule has 1 aliphatic rings. The van der Waals surface area contributed by atoms with Crippen LogP contribution in [0.5, 0.6) is 0 Å². The molecular formula is C34H41N3O. The maximum Gasteiger partial charge on any atom is 0.251 e. The first-order valence-electron chi connectivity index (χ1n) is 14.2. The SMILES string of the molecule is Cc1nn(Cc2ccc(-c3ccccc3C(C)(C)C)cc2)c2ccc(C(=O)N[C@@H](C)C3CCCCC3)cc12. The van der Waals surface area contributed by atoms with E-state index < -0.39 is 0 Å². The lowest BCUT2D eigenvalue weighted by atomic mass is 9.82. The van der Waals surface area contributed by atoms with Crippen molar-refractivity contribution >= 4 is 16.8 Å². The Labute approximate surface area is 227 Å². The van der Waals surface area contributed by atoms with Gasteiger partial charge in [-0.05, 0) is 78.5 Å². The molecule has 1 amide bonds. The highest BCUT2D eigenvalue weighted by Gasteiger charge is 2.22. The van der Waals surface area contributed by atoms with Crippen molar-refractivity contribution in [1.29, 1.82) is 0 Å². The van der Waals surface area contributed by atoms with Crippen LogP contribution in [-0.4, -0.2) is 21.7 Å². The molecule has 0 aliphatic heterocycles. The average Bonchev–Trinajstić information content (AvgIpc) is 3.23. The molecule has 0 unspecified atom stereocenters. The van der Waals surface area contributed by atoms with Crippen LogP contribution in [0.15, 0.2) is 66.7 Å². The molecule has 4 heteroatoms. The standard InChI is InChI=1S/C34H41N3O/c1-23(26-11-7-6-8-12-26)35-33(38)28-19-20-32-30(21-28)24(2)36-37(32)22-25-15-17-27(18-16-25)29-13-9-10-14-31(29)34(3,4)5/h9-10,13-21,23,26H,6-8,11-12,22H2,1-5H3,(H,35,38)/t23-/m0/s1. The summed E-state index contributed by atoms with van der Waals surface area (Å²) in [5.74, 6) is 0.609. The van der Waals surface area contributed by atoms with Crippen LogP contribution < -0.4 is 5.32 Å². The van der Waals surface area contributed by atoms with Gasteiger partial charge in [-0.3, -0.25) is 9.48 Å². The molecule has 0 radical (unpaired) electrons. The number of carbonyl (C=O) groups is 1. The zero-order chi connectivity index (χ0) is 26.9. The van der Waals surface area contributed by atoms with Crippen molar-refractivity contribution in [3.8, 4) is 11.1 Å². The van der Waals surface area contributed by atoms with Gasteiger partial charge in [0.2, 0.25) is 0 Å². The fourth-order valence-electron chi connectivity index (χ4n) is 6.00. The highest BCUT2D eigenvalue weighted by molar-refractivity contribution is 5.98. The van der Waals surface area contributed by atoms with Crippen molar-refractivity contribution in [2.24, 2.45) is 5.92 Å². The molecule has 1 saturated carbocycles. The van der Waals surface area contributed by atoms with Crippen LogP contribution in [-0.2, 0) is 12.0 Å². The summed E-state index contributed by atoms with van der Waals surface area (Å²) >= 11 is 0. The molecule has 4 aromatic rings. The van der Waals surface area contributed by atoms with Gasteiger partial charge in [-0.2, -0.15) is 5.10 Å². The second-order valence-corrected chi connectivity index (χ2v) is 12.1. The summed E-state index contributed by atoms with van der Waals surface area (Å²) in [6.45, 7) is 11.7. The minimum absolute atomic E-state index is 0.0169. The van der Waals surface area contributed by atoms with Gasteiger partial charge in [0.15, 0.2) is 0 Å². The van der Waals surface area contributed by atoms with Gasteiger partial charge in [0.05, 0.1) is 17.8 Å². The Morgan fingerprint density at radius 3 is 2.42 bits per heavy atom. The predicted octanol–water partition coefficient (Wildman–Crippen LogP) is 8.06. The van der Waals surface area contributed by atoms with E-state index in [1.54, 1.807) is 0 Å². The molecule has 5 rings (SSSR count). The van der Waals surface area contributed by atoms with Crippen molar-refractivity contribution < 1.29 is 4.79 Å². The summed E-state index contributed by atoms with van der Waals surface area (Å²) in [5, 5.41) is 9.13. The van der Waals surface area contributed by atoms with Gasteiger partial charge < -0.3 is 5.32 Å². The number of amides is 1. The minimum atomic E-state index is 0.0169. The lowest BCUT2D eigenvalue weighted by Gasteiger charge is -2.28. The van der Waals surface area contributed by atoms with E-state index in [9.17, 15) is 4.79 Å². The number of hydrogen-bond acceptors (Lipinski definition) is 2. The Morgan fingerprint density at radius 2 is 1.71 bits per heavy atom. The quantitative estimate of drug-likeness (QED) is 0.287. The van der Waals surface area contributed by atoms with Gasteiger partial charge in [0.1, 0.15) is 0 Å². The van der Waals surface area contributed by atoms with Crippen LogP contribution in [0.2, 0.25) is 0 Å². The number of aromatic nitrogens is 2. The summed E-state index contributed by atoms with van der Waals surface area (Å²) in [6.07, 6.45) is 6.32. The first kappa shape index (κ1) is 26.2. The number of aryl methyl sites for hydroxylation is 1. The Balaban J connectivity index is 1.33. The molecule has 1 N–H and O–H groups in total. The minimum Gasteiger partial charge on any atom is -0.349 e. The van der Waals surface area contributed by atoms with Crippen LogP contribution in [0.3, 0.4) is 0 Å². The molecule has 198 valence electrons. The summed E-state index contributed by atoms with van der Waals surface area (Å²) < 4.78 is 2.05. The normalized spacial score (nSPS) is 15.5. The number of fused-ring (bicyclic) bond motifs is 1. The number of benzene rings is 3. The fourth-order valence-corrected chi connectivity index (χ4v) is 6.00. The van der Waals surface area contributed by atoms with E-state index >= 15 is 0 Å². The third-order valence-electron chi connectivity index (χ3n) is 8.25. The molecular weight excluding hydrogens is 466 g/mol. The molecule has 0 saturated heterocycles. The second-order valence-electron chi connectivity index (χ2n) is 12.1. The molecule has 1 atom stereocenters. The zero-order valence-electron chi connectivity index (χ0n) is 23.6. The smallest absolute Gasteiger partial charge is 0.251 e. The van der Waals surface area contributed by atoms with E-state index in [0.29, 0.717) is 18.0 Å². The monoisotopic (exact) mass is 507 g/mol. The number of nitrogens with one attached hydrogen (secondary N) is 1. The molecule has 0 bridgehead atoms. The van der Waals surface area contributed by atoms with E-state index in [4.69, 9.17) is 5.10 Å². The third kappa shape index (κ3) is 5.55. The van der Waals surface area contributed by atoms with Gasteiger partial charge in [-0.25, -0.2) is 0 Å². The molecule has 1 fully saturated rings. The zero-order valence-corrected chi connectivity index (χ0v) is 23.6. The Hall–Kier alpha value is -3.40. The molecule has 1 aliphatic carbocycles. The summed E-state index contributed by atoms with van der Waals surface area (Å²) in [4.78, 5) is 13.0. The van der Waals surface area contributed by atoms with Crippen molar-refractivity contribution in [1.82, 2.24) is 15.1 Å². The Morgan fingerprint density at radius 1 is 1.00 bits per heavy atom. The van der Waals surface area contributed by atoms with E-state index in [-0.39, 0.29) is 17.4 Å². The third-order valence-corrected chi connectivity index (χ3v) is 8.25. The van der Waals surface area contributed by atoms with Crippen molar-refractivity contribution in [3.05, 3.63) is 89.1 Å². The van der Waals surface area contributed by atoms with Crippen LogP contribution in [0, 0.1) is 12.8 Å². The first-order valence-corrected chi connectivity index (χ1v) is 14.2. The van der Waals surface area contributed by atoms with E-state index in [0.717, 1.165) is 16.6 Å². The molecule has 4 nitrogen and oxygen atoms in total. The van der Waals surface area contributed by atoms with Gasteiger partial charge in [-0.1, -0.05) is 88.6 Å². The van der Waals surface area contributed by atoms with E-state index in [2.05, 4.69) is 86.2 Å². The van der Waals surface area contributed by atoms with E-state index in [1.807, 2.05) is 25.1 Å². The Kier molecular flexibility index (Phi) is 7.43. The number of rotatable bonds is 6. The summed E-state index contributed by atoms with van der Waals surface area (Å²) in [6, 6.07) is 23.7. The van der Waals surface area contributed by atoms with Gasteiger partial charge in [0.25, 0.3) is 5.91 Å². The highest BCUT2D eigenvalue weighted by Crippen LogP contribution is 2.33. The van der Waals surface area contributed by atoms with Crippen molar-refractivity contribution in [3.63, 3.8) is 0 Å². The lowest BCUT2D eigenvalue weighted by molar-refractivity contribution is 0.0919. The molecule has 3 aromatic carbocycles. The Bertz CT molecular complexity index is 1420. The van der Waals surface area contributed by atoms with Gasteiger partial charge in [0, 0.05) is 17.0 Å². The molecule has 1 aromatic heterocycles. The average molecular weight is 508 g/mol. The number of carbonyl (C=O) groups excluding carboxylic acids is 1. The number of hydrogen-bond donors (Lipinski definition) is 1. The van der Waals surface area contributed by atoms with Crippen LogP contribution in [0.25, 0.3) is 22.0 Å². The first-order chi connectivity index (χ1) is 18.2. The molecule has 1 heterocycles.